The summed E-state index contributed by atoms with van der Waals surface area (Å²) in [6.45, 7) is 9.63. The Bertz CT molecular complexity index is 724. The molecule has 0 aromatic heterocycles. The van der Waals surface area contributed by atoms with Crippen LogP contribution in [-0.2, 0) is 11.2 Å². The van der Waals surface area contributed by atoms with Gasteiger partial charge in [0.2, 0.25) is 0 Å². The predicted molar refractivity (Wildman–Crippen MR) is 96.1 cm³/mol. The van der Waals surface area contributed by atoms with Gasteiger partial charge in [-0.3, -0.25) is 14.5 Å². The highest BCUT2D eigenvalue weighted by Crippen LogP contribution is 2.36. The number of thioether (sulfide) groups is 1. The van der Waals surface area contributed by atoms with Gasteiger partial charge in [0.1, 0.15) is 0 Å². The molecule has 0 spiro atoms. The number of phenolic OH excluding ortho intramolecular Hbond substituents is 1. The van der Waals surface area contributed by atoms with Crippen LogP contribution in [-0.4, -0.2) is 34.3 Å². The molecule has 1 N–H and O–H groups in total. The zero-order valence-electron chi connectivity index (χ0n) is 13.4. The smallest absolute Gasteiger partial charge is 0.293 e. The Morgan fingerprint density at radius 2 is 2.04 bits per heavy atom. The van der Waals surface area contributed by atoms with E-state index in [1.807, 2.05) is 6.92 Å². The fourth-order valence-electron chi connectivity index (χ4n) is 2.29. The van der Waals surface area contributed by atoms with E-state index in [9.17, 15) is 14.7 Å². The molecular formula is C18H19NO4S. The largest absolute Gasteiger partial charge is 0.504 e. The maximum absolute atomic E-state index is 12.3. The fraction of sp³-hybridized carbons (Fsp3) is 0.222. The predicted octanol–water partition coefficient (Wildman–Crippen LogP) is 3.74. The Morgan fingerprint density at radius 3 is 2.67 bits per heavy atom. The zero-order chi connectivity index (χ0) is 17.7. The summed E-state index contributed by atoms with van der Waals surface area (Å²) in [7, 11) is 0. The summed E-state index contributed by atoms with van der Waals surface area (Å²) in [6.07, 6.45) is 5.27. The summed E-state index contributed by atoms with van der Waals surface area (Å²) in [5.41, 5.74) is 1.32. The third-order valence-corrected chi connectivity index (χ3v) is 4.23. The highest BCUT2D eigenvalue weighted by Gasteiger charge is 2.34. The van der Waals surface area contributed by atoms with Crippen LogP contribution in [0.4, 0.5) is 4.79 Å². The Labute approximate surface area is 145 Å². The average Bonchev–Trinajstić information content (AvgIpc) is 2.80. The zero-order valence-corrected chi connectivity index (χ0v) is 14.3. The molecule has 1 heterocycles. The first-order valence-corrected chi connectivity index (χ1v) is 8.29. The number of ether oxygens (including phenoxy) is 1. The van der Waals surface area contributed by atoms with Crippen LogP contribution in [0.2, 0.25) is 0 Å². The lowest BCUT2D eigenvalue weighted by Gasteiger charge is -2.11. The molecule has 1 aliphatic heterocycles. The maximum Gasteiger partial charge on any atom is 0.293 e. The number of nitrogens with zero attached hydrogens (tertiary/aromatic N) is 1. The second-order valence-electron chi connectivity index (χ2n) is 5.03. The van der Waals surface area contributed by atoms with E-state index in [4.69, 9.17) is 4.74 Å². The molecule has 5 nitrogen and oxygen atoms in total. The van der Waals surface area contributed by atoms with Gasteiger partial charge < -0.3 is 9.84 Å². The number of phenols is 1. The lowest BCUT2D eigenvalue weighted by molar-refractivity contribution is -0.122. The van der Waals surface area contributed by atoms with Gasteiger partial charge in [0.15, 0.2) is 11.5 Å². The summed E-state index contributed by atoms with van der Waals surface area (Å²) >= 11 is 0.886. The molecule has 0 aliphatic carbocycles. The van der Waals surface area contributed by atoms with Crippen LogP contribution in [0.25, 0.3) is 6.08 Å². The molecular weight excluding hydrogens is 326 g/mol. The van der Waals surface area contributed by atoms with Gasteiger partial charge >= 0.3 is 0 Å². The molecule has 1 aromatic carbocycles. The normalized spacial score (nSPS) is 15.9. The third-order valence-electron chi connectivity index (χ3n) is 3.32. The molecule has 24 heavy (non-hydrogen) atoms. The molecule has 2 rings (SSSR count). The van der Waals surface area contributed by atoms with Crippen molar-refractivity contribution >= 4 is 29.0 Å². The van der Waals surface area contributed by atoms with Crippen molar-refractivity contribution in [3.8, 4) is 11.5 Å². The molecule has 1 aromatic rings. The van der Waals surface area contributed by atoms with Crippen molar-refractivity contribution in [3.05, 3.63) is 53.5 Å². The summed E-state index contributed by atoms with van der Waals surface area (Å²) < 4.78 is 5.44. The van der Waals surface area contributed by atoms with Gasteiger partial charge in [0.25, 0.3) is 11.1 Å². The Hall–Kier alpha value is -2.47. The number of carbonyl (C=O) groups excluding carboxylic acids is 2. The molecule has 126 valence electrons. The van der Waals surface area contributed by atoms with Crippen molar-refractivity contribution in [3.63, 3.8) is 0 Å². The Kier molecular flexibility index (Phi) is 5.87. The fourth-order valence-corrected chi connectivity index (χ4v) is 3.14. The summed E-state index contributed by atoms with van der Waals surface area (Å²) in [6, 6.07) is 3.40. The number of benzene rings is 1. The number of allylic oxidation sites excluding steroid dienone is 1. The Morgan fingerprint density at radius 1 is 1.29 bits per heavy atom. The monoisotopic (exact) mass is 345 g/mol. The minimum Gasteiger partial charge on any atom is -0.504 e. The molecule has 0 unspecified atom stereocenters. The molecule has 0 radical (unpaired) electrons. The minimum absolute atomic E-state index is 0.0636. The molecule has 0 bridgehead atoms. The van der Waals surface area contributed by atoms with Gasteiger partial charge in [-0.05, 0) is 48.9 Å². The van der Waals surface area contributed by atoms with Crippen LogP contribution in [0, 0.1) is 0 Å². The first-order valence-electron chi connectivity index (χ1n) is 7.47. The van der Waals surface area contributed by atoms with Crippen molar-refractivity contribution in [1.82, 2.24) is 4.90 Å². The van der Waals surface area contributed by atoms with Crippen LogP contribution in [0.3, 0.4) is 0 Å². The molecule has 0 atom stereocenters. The third kappa shape index (κ3) is 3.71. The number of carbonyl (C=O) groups is 2. The van der Waals surface area contributed by atoms with E-state index in [1.54, 1.807) is 24.3 Å². The number of rotatable bonds is 7. The number of hydrogen-bond acceptors (Lipinski definition) is 5. The van der Waals surface area contributed by atoms with Crippen LogP contribution < -0.4 is 4.74 Å². The van der Waals surface area contributed by atoms with E-state index in [-0.39, 0.29) is 23.4 Å². The van der Waals surface area contributed by atoms with Crippen LogP contribution in [0.15, 0.2) is 42.3 Å². The van der Waals surface area contributed by atoms with Crippen molar-refractivity contribution in [2.24, 2.45) is 0 Å². The number of aromatic hydroxyl groups is 1. The summed E-state index contributed by atoms with van der Waals surface area (Å²) in [5, 5.41) is 9.89. The van der Waals surface area contributed by atoms with Gasteiger partial charge in [-0.15, -0.1) is 13.2 Å². The molecule has 2 amide bonds. The number of imide groups is 1. The van der Waals surface area contributed by atoms with Gasteiger partial charge in [0.05, 0.1) is 11.5 Å². The van der Waals surface area contributed by atoms with E-state index in [0.29, 0.717) is 34.8 Å². The van der Waals surface area contributed by atoms with E-state index in [1.165, 1.54) is 6.08 Å². The van der Waals surface area contributed by atoms with E-state index >= 15 is 0 Å². The Balaban J connectivity index is 2.41. The quantitative estimate of drug-likeness (QED) is 0.602. The first kappa shape index (κ1) is 17.9. The van der Waals surface area contributed by atoms with Crippen LogP contribution >= 0.6 is 11.8 Å². The lowest BCUT2D eigenvalue weighted by Crippen LogP contribution is -2.27. The van der Waals surface area contributed by atoms with Gasteiger partial charge in [-0.25, -0.2) is 0 Å². The molecule has 1 saturated heterocycles. The molecule has 1 aliphatic rings. The van der Waals surface area contributed by atoms with Crippen LogP contribution in [0.1, 0.15) is 18.1 Å². The van der Waals surface area contributed by atoms with Crippen molar-refractivity contribution < 1.29 is 19.4 Å². The van der Waals surface area contributed by atoms with E-state index in [0.717, 1.165) is 16.7 Å². The second kappa shape index (κ2) is 7.88. The minimum atomic E-state index is -0.346. The lowest BCUT2D eigenvalue weighted by atomic mass is 10.1. The number of amides is 2. The van der Waals surface area contributed by atoms with Crippen molar-refractivity contribution in [2.75, 3.05) is 13.2 Å². The SMILES string of the molecule is C=CCc1cc(/C=C2/SC(=O)N(CC=C)C2=O)cc(OCC)c1O. The maximum atomic E-state index is 12.3. The van der Waals surface area contributed by atoms with Gasteiger partial charge in [-0.1, -0.05) is 12.2 Å². The topological polar surface area (TPSA) is 66.8 Å². The average molecular weight is 345 g/mol. The number of hydrogen-bond donors (Lipinski definition) is 1. The molecule has 1 fully saturated rings. The van der Waals surface area contributed by atoms with Crippen molar-refractivity contribution in [1.29, 1.82) is 0 Å². The van der Waals surface area contributed by atoms with Crippen molar-refractivity contribution in [2.45, 2.75) is 13.3 Å². The molecule has 0 saturated carbocycles. The van der Waals surface area contributed by atoms with Crippen LogP contribution in [0.5, 0.6) is 11.5 Å². The standard InChI is InChI=1S/C18H19NO4S/c1-4-7-13-9-12(10-14(16(13)20)23-6-3)11-15-17(21)19(8-5-2)18(22)24-15/h4-5,9-11,20H,1-2,6-8H2,3H3/b15-11+. The summed E-state index contributed by atoms with van der Waals surface area (Å²) in [4.78, 5) is 25.6. The van der Waals surface area contributed by atoms with Gasteiger partial charge in [0, 0.05) is 12.1 Å². The summed E-state index contributed by atoms with van der Waals surface area (Å²) in [5.74, 6) is 0.0586. The highest BCUT2D eigenvalue weighted by atomic mass is 32.2. The van der Waals surface area contributed by atoms with E-state index in [2.05, 4.69) is 13.2 Å². The first-order chi connectivity index (χ1) is 11.5. The second-order valence-corrected chi connectivity index (χ2v) is 6.03. The highest BCUT2D eigenvalue weighted by molar-refractivity contribution is 8.18. The van der Waals surface area contributed by atoms with E-state index < -0.39 is 0 Å². The molecule has 6 heteroatoms. The van der Waals surface area contributed by atoms with Gasteiger partial charge in [-0.2, -0.15) is 0 Å².